The zero-order chi connectivity index (χ0) is 47.3. The van der Waals surface area contributed by atoms with Gasteiger partial charge in [-0.15, -0.1) is 0 Å². The fourth-order valence-corrected chi connectivity index (χ4v) is 8.10. The van der Waals surface area contributed by atoms with E-state index in [0.29, 0.717) is 47.3 Å². The first-order valence-corrected chi connectivity index (χ1v) is 24.7. The Balaban J connectivity index is 0.000000361. The number of hydrogen-bond acceptors (Lipinski definition) is 2. The van der Waals surface area contributed by atoms with Crippen LogP contribution in [0.25, 0.3) is 10.6 Å². The molecular weight excluding hydrogens is 922 g/mol. The van der Waals surface area contributed by atoms with Crippen LogP contribution in [0.4, 0.5) is 22.7 Å². The Labute approximate surface area is 438 Å². The van der Waals surface area contributed by atoms with Gasteiger partial charge in [-0.25, -0.2) is 10.6 Å². The van der Waals surface area contributed by atoms with Crippen LogP contribution in [-0.4, -0.2) is 88.0 Å². The summed E-state index contributed by atoms with van der Waals surface area (Å²) in [6.45, 7) is 39.8. The van der Waals surface area contributed by atoms with Crippen LogP contribution in [0, 0.1) is 0 Å². The van der Waals surface area contributed by atoms with Crippen LogP contribution in [0.3, 0.4) is 0 Å². The van der Waals surface area contributed by atoms with E-state index in [9.17, 15) is 0 Å². The molecule has 2 saturated heterocycles. The third-order valence-electron chi connectivity index (χ3n) is 11.9. The van der Waals surface area contributed by atoms with Crippen molar-refractivity contribution in [1.82, 2.24) is 0 Å². The molecule has 0 aliphatic carbocycles. The van der Waals surface area contributed by atoms with Crippen molar-refractivity contribution in [2.45, 2.75) is 184 Å². The monoisotopic (exact) mass is 1010 g/mol. The number of nitrogens with one attached hydrogen (secondary N) is 2. The fraction of sp³-hybridized carbons (Fsp3) is 0.552. The Morgan fingerprint density at radius 2 is 0.554 bits per heavy atom. The molecule has 352 valence electrons. The minimum absolute atomic E-state index is 0. The van der Waals surface area contributed by atoms with Gasteiger partial charge in [0.1, 0.15) is 0 Å². The second-order valence-electron chi connectivity index (χ2n) is 19.9. The summed E-state index contributed by atoms with van der Waals surface area (Å²) in [5, 5.41) is 9.82. The van der Waals surface area contributed by atoms with Crippen molar-refractivity contribution in [2.75, 3.05) is 26.4 Å². The minimum Gasteiger partial charge on any atom is -0.381 e. The van der Waals surface area contributed by atoms with E-state index in [1.165, 1.54) is 81.6 Å². The largest absolute Gasteiger partial charge is 2.00 e. The van der Waals surface area contributed by atoms with E-state index in [0.717, 1.165) is 37.8 Å². The molecule has 0 bridgehead atoms. The smallest absolute Gasteiger partial charge is 0.381 e. The molecule has 6 rings (SSSR count). The normalized spacial score (nSPS) is 13.8. The molecule has 2 aliphatic heterocycles. The van der Waals surface area contributed by atoms with E-state index in [4.69, 9.17) is 20.1 Å². The zero-order valence-electron chi connectivity index (χ0n) is 43.8. The van der Waals surface area contributed by atoms with E-state index >= 15 is 0 Å². The van der Waals surface area contributed by atoms with Gasteiger partial charge < -0.3 is 19.5 Å². The number of nitrogens with zero attached hydrogens (tertiary/aromatic N) is 2. The number of rotatable bonds is 14. The molecule has 0 spiro atoms. The first kappa shape index (κ1) is 58.4. The molecule has 2 aliphatic rings. The van der Waals surface area contributed by atoms with Crippen molar-refractivity contribution in [1.29, 1.82) is 0 Å². The van der Waals surface area contributed by atoms with Gasteiger partial charge in [-0.1, -0.05) is 184 Å². The maximum absolute atomic E-state index is 4.94. The molecule has 0 aromatic heterocycles. The van der Waals surface area contributed by atoms with Crippen LogP contribution >= 0.6 is 0 Å². The van der Waals surface area contributed by atoms with Gasteiger partial charge >= 0.3 is 48.9 Å². The van der Waals surface area contributed by atoms with E-state index in [1.54, 1.807) is 0 Å². The van der Waals surface area contributed by atoms with Gasteiger partial charge in [0.05, 0.1) is 24.1 Å². The fourth-order valence-electron chi connectivity index (χ4n) is 8.10. The Morgan fingerprint density at radius 1 is 0.354 bits per heavy atom. The predicted molar refractivity (Wildman–Crippen MR) is 284 cm³/mol. The Morgan fingerprint density at radius 3 is 0.723 bits per heavy atom. The number of ether oxygens (including phenoxy) is 2. The number of hydrogen-bond donors (Lipinski definition) is 2. The van der Waals surface area contributed by atoms with E-state index in [-0.39, 0.29) is 48.9 Å². The first-order chi connectivity index (χ1) is 30.5. The molecule has 0 unspecified atom stereocenters. The summed E-state index contributed by atoms with van der Waals surface area (Å²) in [6.07, 6.45) is 8.89. The SMILES string of the molecule is C1CCOC1.C1CCOC1.CC(C)c1cccc(C(C)C)c1[N-]C=[NH+]c1c(C(C)C)cccc1C(C)C.CC(C)c1cccc(C(C)C)c1[N-]C=[NH+]c1c(C(C)C)cccc1C(C)C.[Ba+2]. The molecule has 65 heavy (non-hydrogen) atoms. The third kappa shape index (κ3) is 18.7. The summed E-state index contributed by atoms with van der Waals surface area (Å²) in [5.41, 5.74) is 15.2. The minimum atomic E-state index is 0. The van der Waals surface area contributed by atoms with E-state index < -0.39 is 0 Å². The molecule has 2 heterocycles. The molecule has 4 aromatic rings. The Kier molecular flexibility index (Phi) is 27.5. The van der Waals surface area contributed by atoms with Gasteiger partial charge in [0.25, 0.3) is 0 Å². The Hall–Kier alpha value is -2.69. The molecule has 6 nitrogen and oxygen atoms in total. The van der Waals surface area contributed by atoms with Crippen LogP contribution in [-0.2, 0) is 9.47 Å². The standard InChI is InChI=1S/2C25H35N2.2C4H8O.Ba/c2*1-16(2)20-11-9-12-21(17(3)4)24(20)26-15-27-25-22(18(5)6)13-10-14-23(25)19(7)8;2*1-2-4-5-3-1;/h2*9-19H,1-8H3;2*1-4H2;/q2*-1;;;+2/p+2. The van der Waals surface area contributed by atoms with Gasteiger partial charge in [0, 0.05) is 37.8 Å². The Bertz CT molecular complexity index is 1760. The maximum Gasteiger partial charge on any atom is 2.00 e. The maximum atomic E-state index is 4.94. The van der Waals surface area contributed by atoms with E-state index in [1.807, 2.05) is 12.7 Å². The van der Waals surface area contributed by atoms with Gasteiger partial charge in [-0.3, -0.25) is 0 Å². The number of benzene rings is 4. The van der Waals surface area contributed by atoms with Crippen molar-refractivity contribution in [2.24, 2.45) is 0 Å². The molecule has 0 radical (unpaired) electrons. The molecule has 7 heteroatoms. The topological polar surface area (TPSA) is 74.6 Å². The van der Waals surface area contributed by atoms with Crippen LogP contribution in [0.5, 0.6) is 0 Å². The molecular formula is C58H88BaN4O2+2. The van der Waals surface area contributed by atoms with Crippen molar-refractivity contribution in [3.8, 4) is 0 Å². The molecule has 0 saturated carbocycles. The van der Waals surface area contributed by atoms with E-state index in [2.05, 4.69) is 194 Å². The molecule has 0 amide bonds. The first-order valence-electron chi connectivity index (χ1n) is 24.7. The molecule has 2 N–H and O–H groups in total. The van der Waals surface area contributed by atoms with Crippen LogP contribution < -0.4 is 9.98 Å². The van der Waals surface area contributed by atoms with Crippen LogP contribution in [0.15, 0.2) is 72.8 Å². The van der Waals surface area contributed by atoms with Gasteiger partial charge in [-0.2, -0.15) is 0 Å². The van der Waals surface area contributed by atoms with Crippen LogP contribution in [0.2, 0.25) is 0 Å². The quantitative estimate of drug-likeness (QED) is 0.0750. The summed E-state index contributed by atoms with van der Waals surface area (Å²) in [5.74, 6) is 3.66. The van der Waals surface area contributed by atoms with Crippen LogP contribution in [0.1, 0.15) is 228 Å². The summed E-state index contributed by atoms with van der Waals surface area (Å²) in [6, 6.07) is 26.3. The molecule has 0 atom stereocenters. The summed E-state index contributed by atoms with van der Waals surface area (Å²) in [7, 11) is 0. The average Bonchev–Trinajstić information content (AvgIpc) is 4.05. The summed E-state index contributed by atoms with van der Waals surface area (Å²) in [4.78, 5) is 7.07. The summed E-state index contributed by atoms with van der Waals surface area (Å²) < 4.78 is 9.89. The van der Waals surface area contributed by atoms with Gasteiger partial charge in [0.15, 0.2) is 0 Å². The van der Waals surface area contributed by atoms with Crippen molar-refractivity contribution in [3.63, 3.8) is 0 Å². The average molecular weight is 1010 g/mol. The predicted octanol–water partition coefficient (Wildman–Crippen LogP) is 14.5. The molecule has 2 fully saturated rings. The molecule has 4 aromatic carbocycles. The van der Waals surface area contributed by atoms with Gasteiger partial charge in [-0.05, 0) is 118 Å². The van der Waals surface area contributed by atoms with Gasteiger partial charge in [0.2, 0.25) is 0 Å². The van der Waals surface area contributed by atoms with Crippen molar-refractivity contribution < 1.29 is 19.5 Å². The summed E-state index contributed by atoms with van der Waals surface area (Å²) >= 11 is 0. The zero-order valence-corrected chi connectivity index (χ0v) is 48.2. The third-order valence-corrected chi connectivity index (χ3v) is 11.9. The second kappa shape index (κ2) is 30.6. The second-order valence-corrected chi connectivity index (χ2v) is 19.9. The number of para-hydroxylation sites is 4. The van der Waals surface area contributed by atoms with Crippen molar-refractivity contribution in [3.05, 3.63) is 128 Å². The van der Waals surface area contributed by atoms with Crippen molar-refractivity contribution >= 4 is 84.3 Å².